The molecule has 1 atom stereocenters. The number of nitrogens with two attached hydrogens (primary N) is 1. The van der Waals surface area contributed by atoms with Crippen LogP contribution < -0.4 is 16.4 Å². The van der Waals surface area contributed by atoms with E-state index in [-0.39, 0.29) is 5.91 Å². The molecule has 96 valence electrons. The second kappa shape index (κ2) is 5.81. The first kappa shape index (κ1) is 13.7. The number of rotatable bonds is 4. The van der Waals surface area contributed by atoms with Crippen LogP contribution in [0.2, 0.25) is 0 Å². The largest absolute Gasteiger partial charge is 0.368 e. The zero-order chi connectivity index (χ0) is 13.7. The van der Waals surface area contributed by atoms with Gasteiger partial charge in [0, 0.05) is 18.2 Å². The molecule has 1 aromatic carbocycles. The van der Waals surface area contributed by atoms with E-state index in [9.17, 15) is 14.4 Å². The van der Waals surface area contributed by atoms with Crippen molar-refractivity contribution in [1.82, 2.24) is 5.32 Å². The molecule has 0 aliphatic heterocycles. The van der Waals surface area contributed by atoms with Gasteiger partial charge in [0.2, 0.25) is 11.8 Å². The smallest absolute Gasteiger partial charge is 0.251 e. The van der Waals surface area contributed by atoms with Gasteiger partial charge in [0.1, 0.15) is 6.04 Å². The molecular formula is C12H15N3O3. The van der Waals surface area contributed by atoms with E-state index in [2.05, 4.69) is 10.6 Å². The van der Waals surface area contributed by atoms with Crippen LogP contribution in [0.15, 0.2) is 24.3 Å². The van der Waals surface area contributed by atoms with Gasteiger partial charge in [0.05, 0.1) is 0 Å². The number of carbonyl (C=O) groups is 3. The summed E-state index contributed by atoms with van der Waals surface area (Å²) in [5.74, 6) is -1.26. The fourth-order valence-corrected chi connectivity index (χ4v) is 1.29. The Bertz CT molecular complexity index is 485. The maximum absolute atomic E-state index is 11.8. The molecule has 0 saturated heterocycles. The van der Waals surface area contributed by atoms with Gasteiger partial charge in [-0.15, -0.1) is 0 Å². The maximum Gasteiger partial charge on any atom is 0.251 e. The predicted octanol–water partition coefficient (Wildman–Crippen LogP) is 0.249. The van der Waals surface area contributed by atoms with Crippen molar-refractivity contribution < 1.29 is 14.4 Å². The monoisotopic (exact) mass is 249 g/mol. The molecule has 6 nitrogen and oxygen atoms in total. The first-order valence-corrected chi connectivity index (χ1v) is 5.38. The summed E-state index contributed by atoms with van der Waals surface area (Å²) in [5, 5.41) is 5.02. The summed E-state index contributed by atoms with van der Waals surface area (Å²) in [6.07, 6.45) is 0. The zero-order valence-electron chi connectivity index (χ0n) is 10.2. The number of anilines is 1. The van der Waals surface area contributed by atoms with Gasteiger partial charge in [0.25, 0.3) is 5.91 Å². The molecule has 3 amide bonds. The summed E-state index contributed by atoms with van der Waals surface area (Å²) in [6, 6.07) is 5.64. The minimum absolute atomic E-state index is 0.224. The SMILES string of the molecule is CC(=O)Nc1cccc(C(=O)N[C@H](C)C(N)=O)c1. The fraction of sp³-hybridized carbons (Fsp3) is 0.250. The number of hydrogen-bond acceptors (Lipinski definition) is 3. The summed E-state index contributed by atoms with van der Waals surface area (Å²) in [6.45, 7) is 2.87. The molecule has 0 bridgehead atoms. The molecule has 0 saturated carbocycles. The Morgan fingerprint density at radius 3 is 2.50 bits per heavy atom. The van der Waals surface area contributed by atoms with Crippen LogP contribution in [0.4, 0.5) is 5.69 Å². The van der Waals surface area contributed by atoms with Crippen LogP contribution in [0.3, 0.4) is 0 Å². The van der Waals surface area contributed by atoms with Gasteiger partial charge >= 0.3 is 0 Å². The fourth-order valence-electron chi connectivity index (χ4n) is 1.29. The van der Waals surface area contributed by atoms with Crippen molar-refractivity contribution in [2.24, 2.45) is 5.73 Å². The third-order valence-electron chi connectivity index (χ3n) is 2.22. The molecule has 0 aliphatic carbocycles. The first-order chi connectivity index (χ1) is 8.40. The minimum atomic E-state index is -0.748. The Labute approximate surface area is 105 Å². The lowest BCUT2D eigenvalue weighted by Gasteiger charge is -2.11. The maximum atomic E-state index is 11.8. The Balaban J connectivity index is 2.80. The van der Waals surface area contributed by atoms with Crippen molar-refractivity contribution in [3.8, 4) is 0 Å². The number of hydrogen-bond donors (Lipinski definition) is 3. The summed E-state index contributed by atoms with van der Waals surface area (Å²) in [7, 11) is 0. The number of carbonyl (C=O) groups excluding carboxylic acids is 3. The summed E-state index contributed by atoms with van der Waals surface area (Å²) < 4.78 is 0. The third kappa shape index (κ3) is 3.89. The van der Waals surface area contributed by atoms with Gasteiger partial charge in [0.15, 0.2) is 0 Å². The highest BCUT2D eigenvalue weighted by atomic mass is 16.2. The molecule has 18 heavy (non-hydrogen) atoms. The normalized spacial score (nSPS) is 11.4. The number of amides is 3. The van der Waals surface area contributed by atoms with Crippen LogP contribution in [0.1, 0.15) is 24.2 Å². The van der Waals surface area contributed by atoms with Gasteiger partial charge in [-0.2, -0.15) is 0 Å². The van der Waals surface area contributed by atoms with Crippen molar-refractivity contribution >= 4 is 23.4 Å². The van der Waals surface area contributed by atoms with Crippen LogP contribution in [-0.2, 0) is 9.59 Å². The Kier molecular flexibility index (Phi) is 4.42. The van der Waals surface area contributed by atoms with Gasteiger partial charge in [-0.1, -0.05) is 6.07 Å². The molecule has 0 aromatic heterocycles. The van der Waals surface area contributed by atoms with Gasteiger partial charge in [-0.25, -0.2) is 0 Å². The van der Waals surface area contributed by atoms with E-state index in [1.165, 1.54) is 19.9 Å². The molecule has 0 fully saturated rings. The summed E-state index contributed by atoms with van der Waals surface area (Å²) in [5.41, 5.74) is 5.91. The topological polar surface area (TPSA) is 101 Å². The molecule has 0 aliphatic rings. The highest BCUT2D eigenvalue weighted by Gasteiger charge is 2.13. The average Bonchev–Trinajstić information content (AvgIpc) is 2.28. The van der Waals surface area contributed by atoms with Crippen molar-refractivity contribution in [2.45, 2.75) is 19.9 Å². The molecule has 1 aromatic rings. The molecule has 0 radical (unpaired) electrons. The molecule has 0 spiro atoms. The highest BCUT2D eigenvalue weighted by Crippen LogP contribution is 2.10. The van der Waals surface area contributed by atoms with Crippen molar-refractivity contribution in [1.29, 1.82) is 0 Å². The molecule has 4 N–H and O–H groups in total. The first-order valence-electron chi connectivity index (χ1n) is 5.38. The summed E-state index contributed by atoms with van der Waals surface area (Å²) >= 11 is 0. The molecule has 0 unspecified atom stereocenters. The van der Waals surface area contributed by atoms with Crippen molar-refractivity contribution in [3.63, 3.8) is 0 Å². The van der Waals surface area contributed by atoms with Gasteiger partial charge in [-0.3, -0.25) is 14.4 Å². The molecule has 0 heterocycles. The zero-order valence-corrected chi connectivity index (χ0v) is 10.2. The van der Waals surface area contributed by atoms with Crippen LogP contribution in [0, 0.1) is 0 Å². The molecule has 1 rings (SSSR count). The van der Waals surface area contributed by atoms with E-state index in [1.807, 2.05) is 0 Å². The lowest BCUT2D eigenvalue weighted by atomic mass is 10.1. The van der Waals surface area contributed by atoms with Crippen molar-refractivity contribution in [2.75, 3.05) is 5.32 Å². The Morgan fingerprint density at radius 2 is 1.94 bits per heavy atom. The Hall–Kier alpha value is -2.37. The minimum Gasteiger partial charge on any atom is -0.368 e. The van der Waals surface area contributed by atoms with E-state index in [4.69, 9.17) is 5.73 Å². The van der Waals surface area contributed by atoms with E-state index < -0.39 is 17.9 Å². The van der Waals surface area contributed by atoms with E-state index in [1.54, 1.807) is 18.2 Å². The van der Waals surface area contributed by atoms with E-state index in [0.29, 0.717) is 11.3 Å². The van der Waals surface area contributed by atoms with Crippen LogP contribution >= 0.6 is 0 Å². The molecule has 6 heteroatoms. The Morgan fingerprint density at radius 1 is 1.28 bits per heavy atom. The second-order valence-corrected chi connectivity index (χ2v) is 3.86. The second-order valence-electron chi connectivity index (χ2n) is 3.86. The van der Waals surface area contributed by atoms with Crippen LogP contribution in [0.25, 0.3) is 0 Å². The van der Waals surface area contributed by atoms with Crippen molar-refractivity contribution in [3.05, 3.63) is 29.8 Å². The third-order valence-corrected chi connectivity index (χ3v) is 2.22. The lowest BCUT2D eigenvalue weighted by molar-refractivity contribution is -0.119. The number of primary amides is 1. The van der Waals surface area contributed by atoms with E-state index in [0.717, 1.165) is 0 Å². The highest BCUT2D eigenvalue weighted by molar-refractivity contribution is 5.98. The van der Waals surface area contributed by atoms with Gasteiger partial charge in [-0.05, 0) is 25.1 Å². The average molecular weight is 249 g/mol. The standard InChI is InChI=1S/C12H15N3O3/c1-7(11(13)17)14-12(18)9-4-3-5-10(6-9)15-8(2)16/h3-7H,1-2H3,(H2,13,17)(H,14,18)(H,15,16)/t7-/m1/s1. The van der Waals surface area contributed by atoms with Crippen LogP contribution in [0.5, 0.6) is 0 Å². The molecular weight excluding hydrogens is 234 g/mol. The summed E-state index contributed by atoms with van der Waals surface area (Å²) in [4.78, 5) is 33.5. The van der Waals surface area contributed by atoms with Crippen LogP contribution in [-0.4, -0.2) is 23.8 Å². The van der Waals surface area contributed by atoms with E-state index >= 15 is 0 Å². The van der Waals surface area contributed by atoms with Gasteiger partial charge < -0.3 is 16.4 Å². The quantitative estimate of drug-likeness (QED) is 0.712. The number of benzene rings is 1. The lowest BCUT2D eigenvalue weighted by Crippen LogP contribution is -2.42. The number of nitrogens with one attached hydrogen (secondary N) is 2. The predicted molar refractivity (Wildman–Crippen MR) is 66.9 cm³/mol.